The molecule has 6 nitrogen and oxygen atoms in total. The Labute approximate surface area is 153 Å². The van der Waals surface area contributed by atoms with E-state index in [1.165, 1.54) is 23.9 Å². The fraction of sp³-hybridized carbons (Fsp3) is 0.167. The van der Waals surface area contributed by atoms with Crippen molar-refractivity contribution in [3.8, 4) is 22.8 Å². The average Bonchev–Trinajstić information content (AvgIpc) is 3.34. The molecule has 0 aliphatic carbocycles. The lowest BCUT2D eigenvalue weighted by atomic mass is 10.2. The summed E-state index contributed by atoms with van der Waals surface area (Å²) in [6.07, 6.45) is 3.21. The normalized spacial score (nSPS) is 11.2. The van der Waals surface area contributed by atoms with E-state index in [9.17, 15) is 4.39 Å². The number of oxazole rings is 1. The highest BCUT2D eigenvalue weighted by molar-refractivity contribution is 7.98. The summed E-state index contributed by atoms with van der Waals surface area (Å²) in [5.41, 5.74) is 2.28. The van der Waals surface area contributed by atoms with Crippen molar-refractivity contribution in [1.82, 2.24) is 19.7 Å². The van der Waals surface area contributed by atoms with Crippen LogP contribution in [0.5, 0.6) is 0 Å². The van der Waals surface area contributed by atoms with Crippen molar-refractivity contribution < 1.29 is 13.2 Å². The summed E-state index contributed by atoms with van der Waals surface area (Å²) in [5, 5.41) is 9.23. The molecule has 0 unspecified atom stereocenters. The van der Waals surface area contributed by atoms with Crippen LogP contribution in [0.2, 0.25) is 0 Å². The molecule has 132 valence electrons. The highest BCUT2D eigenvalue weighted by Crippen LogP contribution is 2.28. The number of thioether (sulfide) groups is 1. The van der Waals surface area contributed by atoms with Gasteiger partial charge < -0.3 is 13.4 Å². The molecule has 0 saturated carbocycles. The van der Waals surface area contributed by atoms with E-state index < -0.39 is 0 Å². The number of aromatic nitrogens is 4. The molecule has 8 heteroatoms. The molecule has 0 radical (unpaired) electrons. The number of furan rings is 1. The van der Waals surface area contributed by atoms with Crippen LogP contribution in [0.1, 0.15) is 11.5 Å². The van der Waals surface area contributed by atoms with Gasteiger partial charge in [-0.1, -0.05) is 17.8 Å². The SMILES string of the molecule is Cc1occc1-c1nnc(SCc2coc(-c3cccc(F)c3)n2)n1C. The Morgan fingerprint density at radius 3 is 2.85 bits per heavy atom. The Bertz CT molecular complexity index is 1050. The van der Waals surface area contributed by atoms with E-state index in [4.69, 9.17) is 8.83 Å². The van der Waals surface area contributed by atoms with Crippen LogP contribution < -0.4 is 0 Å². The van der Waals surface area contributed by atoms with Gasteiger partial charge in [0.15, 0.2) is 11.0 Å². The Balaban J connectivity index is 1.49. The first-order valence-corrected chi connectivity index (χ1v) is 8.87. The number of aryl methyl sites for hydroxylation is 1. The number of rotatable bonds is 5. The topological polar surface area (TPSA) is 69.9 Å². The second kappa shape index (κ2) is 6.80. The molecule has 0 amide bonds. The molecule has 4 aromatic rings. The van der Waals surface area contributed by atoms with Crippen LogP contribution in [-0.4, -0.2) is 19.7 Å². The predicted octanol–water partition coefficient (Wildman–Crippen LogP) is 4.47. The molecule has 26 heavy (non-hydrogen) atoms. The molecule has 0 spiro atoms. The molecule has 0 N–H and O–H groups in total. The molecule has 4 rings (SSSR count). The largest absolute Gasteiger partial charge is 0.469 e. The molecule has 0 saturated heterocycles. The van der Waals surface area contributed by atoms with Crippen LogP contribution in [0.4, 0.5) is 4.39 Å². The van der Waals surface area contributed by atoms with Crippen LogP contribution >= 0.6 is 11.8 Å². The van der Waals surface area contributed by atoms with E-state index >= 15 is 0 Å². The van der Waals surface area contributed by atoms with E-state index in [1.54, 1.807) is 24.7 Å². The number of hydrogen-bond acceptors (Lipinski definition) is 6. The minimum absolute atomic E-state index is 0.322. The first-order chi connectivity index (χ1) is 12.6. The summed E-state index contributed by atoms with van der Waals surface area (Å²) in [5.74, 6) is 2.19. The summed E-state index contributed by atoms with van der Waals surface area (Å²) < 4.78 is 26.0. The van der Waals surface area contributed by atoms with E-state index in [-0.39, 0.29) is 5.82 Å². The average molecular weight is 370 g/mol. The third-order valence-corrected chi connectivity index (χ3v) is 4.96. The molecule has 0 aliphatic heterocycles. The van der Waals surface area contributed by atoms with Gasteiger partial charge in [0.25, 0.3) is 0 Å². The Morgan fingerprint density at radius 1 is 1.19 bits per heavy atom. The fourth-order valence-corrected chi connectivity index (χ4v) is 3.35. The van der Waals surface area contributed by atoms with Gasteiger partial charge >= 0.3 is 0 Å². The first kappa shape index (κ1) is 16.6. The Kier molecular flexibility index (Phi) is 4.34. The minimum Gasteiger partial charge on any atom is -0.469 e. The molecule has 0 fully saturated rings. The molecule has 1 aromatic carbocycles. The fourth-order valence-electron chi connectivity index (χ4n) is 2.56. The van der Waals surface area contributed by atoms with Gasteiger partial charge in [-0.2, -0.15) is 0 Å². The van der Waals surface area contributed by atoms with Crippen molar-refractivity contribution in [3.63, 3.8) is 0 Å². The first-order valence-electron chi connectivity index (χ1n) is 7.89. The summed E-state index contributed by atoms with van der Waals surface area (Å²) >= 11 is 1.50. The van der Waals surface area contributed by atoms with Crippen molar-refractivity contribution in [2.75, 3.05) is 0 Å². The van der Waals surface area contributed by atoms with E-state index in [0.29, 0.717) is 17.2 Å². The van der Waals surface area contributed by atoms with Crippen LogP contribution in [0.25, 0.3) is 22.8 Å². The maximum Gasteiger partial charge on any atom is 0.226 e. The number of benzene rings is 1. The zero-order valence-electron chi connectivity index (χ0n) is 14.1. The number of halogens is 1. The molecule has 0 atom stereocenters. The van der Waals surface area contributed by atoms with Crippen LogP contribution in [-0.2, 0) is 12.8 Å². The Hall–Kier alpha value is -2.87. The van der Waals surface area contributed by atoms with E-state index in [0.717, 1.165) is 28.0 Å². The van der Waals surface area contributed by atoms with E-state index in [1.807, 2.05) is 24.6 Å². The molecular formula is C18H15FN4O2S. The zero-order chi connectivity index (χ0) is 18.1. The minimum atomic E-state index is -0.322. The van der Waals surface area contributed by atoms with Gasteiger partial charge in [-0.3, -0.25) is 0 Å². The van der Waals surface area contributed by atoms with Gasteiger partial charge in [-0.05, 0) is 31.2 Å². The van der Waals surface area contributed by atoms with Crippen molar-refractivity contribution in [3.05, 3.63) is 60.1 Å². The summed E-state index contributed by atoms with van der Waals surface area (Å²) in [6, 6.07) is 8.04. The van der Waals surface area contributed by atoms with Gasteiger partial charge in [-0.25, -0.2) is 9.37 Å². The quantitative estimate of drug-likeness (QED) is 0.483. The van der Waals surface area contributed by atoms with Crippen molar-refractivity contribution in [2.45, 2.75) is 17.8 Å². The van der Waals surface area contributed by atoms with Crippen molar-refractivity contribution in [1.29, 1.82) is 0 Å². The molecule has 3 heterocycles. The van der Waals surface area contributed by atoms with E-state index in [2.05, 4.69) is 15.2 Å². The molecule has 0 bridgehead atoms. The van der Waals surface area contributed by atoms with Gasteiger partial charge in [0.2, 0.25) is 5.89 Å². The van der Waals surface area contributed by atoms with Crippen molar-refractivity contribution >= 4 is 11.8 Å². The maximum atomic E-state index is 13.3. The highest BCUT2D eigenvalue weighted by atomic mass is 32.2. The van der Waals surface area contributed by atoms with Gasteiger partial charge in [-0.15, -0.1) is 10.2 Å². The van der Waals surface area contributed by atoms with Gasteiger partial charge in [0.05, 0.1) is 17.5 Å². The van der Waals surface area contributed by atoms with Crippen LogP contribution in [0.15, 0.2) is 56.8 Å². The monoisotopic (exact) mass is 370 g/mol. The third kappa shape index (κ3) is 3.15. The lowest BCUT2D eigenvalue weighted by molar-refractivity contribution is 0.534. The number of hydrogen-bond donors (Lipinski definition) is 0. The van der Waals surface area contributed by atoms with Gasteiger partial charge in [0, 0.05) is 18.4 Å². The summed E-state index contributed by atoms with van der Waals surface area (Å²) in [6.45, 7) is 1.89. The standard InChI is InChI=1S/C18H15FN4O2S/c1-11-15(6-7-24-11)16-21-22-18(23(16)2)26-10-14-9-25-17(20-14)12-4-3-5-13(19)8-12/h3-9H,10H2,1-2H3. The molecule has 3 aromatic heterocycles. The van der Waals surface area contributed by atoms with Gasteiger partial charge in [0.1, 0.15) is 17.8 Å². The maximum absolute atomic E-state index is 13.3. The second-order valence-corrected chi connectivity index (χ2v) is 6.64. The lowest BCUT2D eigenvalue weighted by Crippen LogP contribution is -1.95. The summed E-state index contributed by atoms with van der Waals surface area (Å²) in [7, 11) is 1.91. The highest BCUT2D eigenvalue weighted by Gasteiger charge is 2.15. The Morgan fingerprint density at radius 2 is 2.08 bits per heavy atom. The molecular weight excluding hydrogens is 355 g/mol. The third-order valence-electron chi connectivity index (χ3n) is 3.91. The number of nitrogens with zero attached hydrogens (tertiary/aromatic N) is 4. The zero-order valence-corrected chi connectivity index (χ0v) is 15.0. The van der Waals surface area contributed by atoms with Crippen molar-refractivity contribution in [2.24, 2.45) is 7.05 Å². The molecule has 0 aliphatic rings. The second-order valence-electron chi connectivity index (χ2n) is 5.70. The predicted molar refractivity (Wildman–Crippen MR) is 94.9 cm³/mol. The van der Waals surface area contributed by atoms with Crippen LogP contribution in [0, 0.1) is 12.7 Å². The summed E-state index contributed by atoms with van der Waals surface area (Å²) in [4.78, 5) is 4.41. The van der Waals surface area contributed by atoms with Crippen LogP contribution in [0.3, 0.4) is 0 Å². The smallest absolute Gasteiger partial charge is 0.226 e. The lowest BCUT2D eigenvalue weighted by Gasteiger charge is -2.01.